The first-order valence-electron chi connectivity index (χ1n) is 13.9. The Morgan fingerprint density at radius 1 is 1.24 bits per heavy atom. The quantitative estimate of drug-likeness (QED) is 0.233. The van der Waals surface area contributed by atoms with E-state index in [9.17, 15) is 19.5 Å². The Bertz CT molecular complexity index is 955. The van der Waals surface area contributed by atoms with Crippen molar-refractivity contribution in [1.29, 1.82) is 0 Å². The Hall–Kier alpha value is -2.19. The molecule has 3 fully saturated rings. The zero-order chi connectivity index (χ0) is 28.7. The maximum Gasteiger partial charge on any atom is 0.312 e. The van der Waals surface area contributed by atoms with Gasteiger partial charge in [-0.1, -0.05) is 32.9 Å². The van der Waals surface area contributed by atoms with E-state index in [-0.39, 0.29) is 30.4 Å². The molecule has 214 valence electrons. The summed E-state index contributed by atoms with van der Waals surface area (Å²) >= 11 is 0. The first kappa shape index (κ1) is 30.4. The molecule has 0 aromatic carbocycles. The molecule has 0 aliphatic carbocycles. The summed E-state index contributed by atoms with van der Waals surface area (Å²) in [6.07, 6.45) is 6.59. The molecule has 3 aliphatic rings. The number of amides is 2. The van der Waals surface area contributed by atoms with Gasteiger partial charge in [-0.15, -0.1) is 13.2 Å². The highest BCUT2D eigenvalue weighted by atomic mass is 16.6. The van der Waals surface area contributed by atoms with Crippen LogP contribution in [0.5, 0.6) is 0 Å². The number of esters is 1. The number of likely N-dealkylation sites (tertiary alicyclic amines) is 1. The molecule has 3 aliphatic heterocycles. The summed E-state index contributed by atoms with van der Waals surface area (Å²) in [6, 6.07) is -1.57. The van der Waals surface area contributed by atoms with Gasteiger partial charge < -0.3 is 24.4 Å². The summed E-state index contributed by atoms with van der Waals surface area (Å²) in [4.78, 5) is 45.4. The molecule has 3 saturated heterocycles. The average molecular weight is 533 g/mol. The van der Waals surface area contributed by atoms with Gasteiger partial charge in [0.2, 0.25) is 11.8 Å². The van der Waals surface area contributed by atoms with Crippen LogP contribution >= 0.6 is 0 Å². The molecule has 1 spiro atoms. The van der Waals surface area contributed by atoms with Gasteiger partial charge in [0.15, 0.2) is 0 Å². The molecule has 3 heterocycles. The lowest BCUT2D eigenvalue weighted by atomic mass is 9.66. The van der Waals surface area contributed by atoms with Crippen LogP contribution in [0.25, 0.3) is 0 Å². The first-order chi connectivity index (χ1) is 17.6. The summed E-state index contributed by atoms with van der Waals surface area (Å²) in [6.45, 7) is 21.9. The number of carbonyl (C=O) groups excluding carboxylic acids is 3. The van der Waals surface area contributed by atoms with E-state index in [2.05, 4.69) is 33.9 Å². The van der Waals surface area contributed by atoms with E-state index in [4.69, 9.17) is 9.47 Å². The van der Waals surface area contributed by atoms with Gasteiger partial charge in [0.1, 0.15) is 17.6 Å². The van der Waals surface area contributed by atoms with Gasteiger partial charge in [0, 0.05) is 12.1 Å². The molecular formula is C30H48N2O6. The molecule has 2 amide bonds. The third-order valence-corrected chi connectivity index (χ3v) is 8.51. The summed E-state index contributed by atoms with van der Waals surface area (Å²) in [5.74, 6) is -2.67. The second kappa shape index (κ2) is 10.8. The topological polar surface area (TPSA) is 96.4 Å². The second-order valence-corrected chi connectivity index (χ2v) is 13.4. The number of aliphatic hydroxyl groups excluding tert-OH is 1. The number of unbranched alkanes of at least 4 members (excludes halogenated alkanes) is 1. The van der Waals surface area contributed by atoms with Crippen LogP contribution < -0.4 is 0 Å². The molecule has 0 aromatic heterocycles. The van der Waals surface area contributed by atoms with Crippen molar-refractivity contribution in [3.05, 3.63) is 25.3 Å². The lowest BCUT2D eigenvalue weighted by Crippen LogP contribution is -2.62. The van der Waals surface area contributed by atoms with Gasteiger partial charge in [0.25, 0.3) is 0 Å². The van der Waals surface area contributed by atoms with Crippen molar-refractivity contribution >= 4 is 17.8 Å². The van der Waals surface area contributed by atoms with Crippen LogP contribution in [0.4, 0.5) is 0 Å². The summed E-state index contributed by atoms with van der Waals surface area (Å²) in [7, 11) is 0. The predicted octanol–water partition coefficient (Wildman–Crippen LogP) is 3.87. The fourth-order valence-corrected chi connectivity index (χ4v) is 7.36. The molecule has 3 rings (SSSR count). The van der Waals surface area contributed by atoms with Gasteiger partial charge in [0.05, 0.1) is 30.8 Å². The zero-order valence-electron chi connectivity index (χ0n) is 24.4. The van der Waals surface area contributed by atoms with Gasteiger partial charge in [-0.2, -0.15) is 0 Å². The van der Waals surface area contributed by atoms with E-state index in [0.29, 0.717) is 25.8 Å². The maximum atomic E-state index is 14.6. The van der Waals surface area contributed by atoms with Crippen molar-refractivity contribution in [2.75, 3.05) is 19.8 Å². The Morgan fingerprint density at radius 2 is 1.89 bits per heavy atom. The van der Waals surface area contributed by atoms with Crippen LogP contribution in [-0.4, -0.2) is 81.3 Å². The summed E-state index contributed by atoms with van der Waals surface area (Å²) in [5, 5.41) is 10.1. The van der Waals surface area contributed by atoms with Crippen LogP contribution in [-0.2, 0) is 23.9 Å². The number of hydrogen-bond acceptors (Lipinski definition) is 6. The van der Waals surface area contributed by atoms with E-state index in [1.165, 1.54) is 4.90 Å². The van der Waals surface area contributed by atoms with Gasteiger partial charge in [-0.25, -0.2) is 0 Å². The minimum atomic E-state index is -1.16. The monoisotopic (exact) mass is 532 g/mol. The van der Waals surface area contributed by atoms with Gasteiger partial charge in [-0.05, 0) is 65.2 Å². The summed E-state index contributed by atoms with van der Waals surface area (Å²) < 4.78 is 12.3. The average Bonchev–Trinajstić information content (AvgIpc) is 3.38. The lowest BCUT2D eigenvalue weighted by molar-refractivity contribution is -0.163. The van der Waals surface area contributed by atoms with Crippen molar-refractivity contribution in [3.63, 3.8) is 0 Å². The molecule has 38 heavy (non-hydrogen) atoms. The number of hydrogen-bond donors (Lipinski definition) is 1. The fourth-order valence-electron chi connectivity index (χ4n) is 7.36. The Labute approximate surface area is 228 Å². The van der Waals surface area contributed by atoms with Crippen LogP contribution in [0, 0.1) is 17.3 Å². The predicted molar refractivity (Wildman–Crippen MR) is 146 cm³/mol. The minimum Gasteiger partial charge on any atom is -0.465 e. The Kier molecular flexibility index (Phi) is 8.60. The van der Waals surface area contributed by atoms with E-state index in [1.54, 1.807) is 24.0 Å². The molecule has 8 nitrogen and oxygen atoms in total. The van der Waals surface area contributed by atoms with E-state index < -0.39 is 46.6 Å². The lowest BCUT2D eigenvalue weighted by Gasteiger charge is -2.46. The Morgan fingerprint density at radius 3 is 2.45 bits per heavy atom. The SMILES string of the molecule is C=CCCCOC(=O)[C@@H]1[C@H]2C(=O)N([C@H](C)CO)C(C(=O)N(CC=C)C(C)(C)CC(C)(C)C)C23CC[C@@]1(C)O3. The standard InChI is InChI=1S/C30H48N2O6/c1-10-12-13-17-37-26(36)22-21-24(34)32(20(3)18-33)23(30(21)15-14-29(22,9)38-30)25(35)31(16-11-2)28(7,8)19-27(4,5)6/h10-11,20-23,33H,1-2,12-19H2,3-9H3/t20-,21+,22+,23?,29-,30?/m1/s1. The van der Waals surface area contributed by atoms with Gasteiger partial charge >= 0.3 is 5.97 Å². The number of rotatable bonds is 12. The van der Waals surface area contributed by atoms with Crippen LogP contribution in [0.1, 0.15) is 80.6 Å². The number of aliphatic hydroxyl groups is 1. The molecule has 6 atom stereocenters. The molecule has 2 bridgehead atoms. The Balaban J connectivity index is 2.06. The van der Waals surface area contributed by atoms with Crippen molar-refractivity contribution in [2.24, 2.45) is 17.3 Å². The van der Waals surface area contributed by atoms with Crippen LogP contribution in [0.15, 0.2) is 25.3 Å². The van der Waals surface area contributed by atoms with Crippen molar-refractivity contribution < 1.29 is 29.0 Å². The normalized spacial score (nSPS) is 31.2. The number of ether oxygens (including phenoxy) is 2. The molecule has 0 aromatic rings. The third-order valence-electron chi connectivity index (χ3n) is 8.51. The van der Waals surface area contributed by atoms with E-state index >= 15 is 0 Å². The molecule has 2 unspecified atom stereocenters. The van der Waals surface area contributed by atoms with Crippen LogP contribution in [0.3, 0.4) is 0 Å². The molecule has 0 saturated carbocycles. The smallest absolute Gasteiger partial charge is 0.312 e. The highest BCUT2D eigenvalue weighted by Gasteiger charge is 2.79. The second-order valence-electron chi connectivity index (χ2n) is 13.4. The van der Waals surface area contributed by atoms with Gasteiger partial charge in [-0.3, -0.25) is 14.4 Å². The zero-order valence-corrected chi connectivity index (χ0v) is 24.4. The fraction of sp³-hybridized carbons (Fsp3) is 0.767. The van der Waals surface area contributed by atoms with E-state index in [0.717, 1.165) is 12.8 Å². The molecule has 8 heteroatoms. The maximum absolute atomic E-state index is 14.6. The third kappa shape index (κ3) is 5.18. The summed E-state index contributed by atoms with van der Waals surface area (Å²) in [5.41, 5.74) is -2.65. The van der Waals surface area contributed by atoms with Crippen LogP contribution in [0.2, 0.25) is 0 Å². The highest BCUT2D eigenvalue weighted by Crippen LogP contribution is 2.63. The van der Waals surface area contributed by atoms with Crippen molar-refractivity contribution in [3.8, 4) is 0 Å². The highest BCUT2D eigenvalue weighted by molar-refractivity contribution is 5.99. The van der Waals surface area contributed by atoms with Crippen molar-refractivity contribution in [2.45, 2.75) is 109 Å². The first-order valence-corrected chi connectivity index (χ1v) is 13.9. The molecule has 1 N–H and O–H groups in total. The molecule has 0 radical (unpaired) electrons. The largest absolute Gasteiger partial charge is 0.465 e. The van der Waals surface area contributed by atoms with Crippen molar-refractivity contribution in [1.82, 2.24) is 9.80 Å². The number of fused-ring (bicyclic) bond motifs is 1. The minimum absolute atomic E-state index is 0.0518. The van der Waals surface area contributed by atoms with E-state index in [1.807, 2.05) is 20.8 Å². The number of nitrogens with zero attached hydrogens (tertiary/aromatic N) is 2. The molecular weight excluding hydrogens is 484 g/mol. The number of carbonyl (C=O) groups is 3. The number of allylic oxidation sites excluding steroid dienone is 1.